The molecule has 2 aromatic heterocycles. The fraction of sp³-hybridized carbons (Fsp3) is 0.500. The Hall–Kier alpha value is -2.58. The van der Waals surface area contributed by atoms with E-state index in [1.807, 2.05) is 17.5 Å². The van der Waals surface area contributed by atoms with Crippen molar-refractivity contribution in [3.05, 3.63) is 50.4 Å². The van der Waals surface area contributed by atoms with Gasteiger partial charge in [0.25, 0.3) is 5.91 Å². The van der Waals surface area contributed by atoms with Crippen molar-refractivity contribution in [3.63, 3.8) is 0 Å². The van der Waals surface area contributed by atoms with Crippen LogP contribution < -0.4 is 0 Å². The molecule has 1 amide bonds. The number of amides is 1. The van der Waals surface area contributed by atoms with E-state index >= 15 is 0 Å². The van der Waals surface area contributed by atoms with Gasteiger partial charge in [0, 0.05) is 27.5 Å². The van der Waals surface area contributed by atoms with E-state index in [2.05, 4.69) is 23.6 Å². The van der Waals surface area contributed by atoms with Gasteiger partial charge in [-0.25, -0.2) is 5.01 Å². The summed E-state index contributed by atoms with van der Waals surface area (Å²) < 4.78 is 5.57. The number of ketones is 1. The standard InChI is InChI=1S/C28H30N2O4S2/c31-24(16-34-28(33)20-13-18-6-1-7-19(14-20)27(18)32)30-26(23-10-4-12-36-23)22-9-2-5-17(25(22)29-30)15-21-8-3-11-35-21/h3-4,8,10-12,15,18-20,22,26H,1-2,5-7,9,13-14,16H2/b17-15+. The Bertz CT molecular complexity index is 1180. The molecule has 0 N–H and O–H groups in total. The van der Waals surface area contributed by atoms with E-state index in [1.54, 1.807) is 27.7 Å². The largest absolute Gasteiger partial charge is 0.455 e. The molecule has 3 saturated carbocycles. The van der Waals surface area contributed by atoms with Crippen LogP contribution in [0.1, 0.15) is 67.2 Å². The third-order valence-electron chi connectivity index (χ3n) is 8.17. The summed E-state index contributed by atoms with van der Waals surface area (Å²) in [5, 5.41) is 10.5. The second-order valence-corrected chi connectivity index (χ2v) is 12.3. The van der Waals surface area contributed by atoms with Crippen LogP contribution in [0.2, 0.25) is 0 Å². The quantitative estimate of drug-likeness (QED) is 0.460. The molecule has 4 atom stereocenters. The number of carbonyl (C=O) groups excluding carboxylic acids is 3. The number of hydrogen-bond acceptors (Lipinski definition) is 7. The maximum Gasteiger partial charge on any atom is 0.309 e. The van der Waals surface area contributed by atoms with Crippen molar-refractivity contribution in [2.45, 2.75) is 57.4 Å². The molecule has 6 nitrogen and oxygen atoms in total. The highest BCUT2D eigenvalue weighted by atomic mass is 32.1. The summed E-state index contributed by atoms with van der Waals surface area (Å²) in [5.74, 6) is -0.485. The summed E-state index contributed by atoms with van der Waals surface area (Å²) in [5.41, 5.74) is 2.19. The molecule has 1 aliphatic heterocycles. The smallest absolute Gasteiger partial charge is 0.309 e. The van der Waals surface area contributed by atoms with Gasteiger partial charge in [-0.1, -0.05) is 18.6 Å². The van der Waals surface area contributed by atoms with E-state index in [4.69, 9.17) is 9.84 Å². The van der Waals surface area contributed by atoms with Gasteiger partial charge < -0.3 is 4.74 Å². The van der Waals surface area contributed by atoms with Gasteiger partial charge in [-0.3, -0.25) is 14.4 Å². The highest BCUT2D eigenvalue weighted by Crippen LogP contribution is 2.46. The number of fused-ring (bicyclic) bond motifs is 3. The minimum atomic E-state index is -0.344. The number of thiophene rings is 2. The fourth-order valence-electron chi connectivity index (χ4n) is 6.48. The van der Waals surface area contributed by atoms with Crippen LogP contribution in [0, 0.1) is 23.7 Å². The molecular weight excluding hydrogens is 492 g/mol. The second-order valence-electron chi connectivity index (χ2n) is 10.4. The second kappa shape index (κ2) is 10.1. The molecule has 0 saturated heterocycles. The average Bonchev–Trinajstić information content (AvgIpc) is 3.63. The van der Waals surface area contributed by atoms with Crippen LogP contribution in [-0.4, -0.2) is 35.0 Å². The zero-order valence-electron chi connectivity index (χ0n) is 20.1. The van der Waals surface area contributed by atoms with Crippen LogP contribution in [0.15, 0.2) is 45.7 Å². The van der Waals surface area contributed by atoms with E-state index in [0.29, 0.717) is 18.6 Å². The Morgan fingerprint density at radius 3 is 2.56 bits per heavy atom. The third kappa shape index (κ3) is 4.50. The van der Waals surface area contributed by atoms with Crippen molar-refractivity contribution in [3.8, 4) is 0 Å². The molecule has 3 aliphatic carbocycles. The minimum absolute atomic E-state index is 0.0179. The van der Waals surface area contributed by atoms with Gasteiger partial charge >= 0.3 is 5.97 Å². The van der Waals surface area contributed by atoms with Gasteiger partial charge in [0.05, 0.1) is 17.7 Å². The molecule has 36 heavy (non-hydrogen) atoms. The van der Waals surface area contributed by atoms with Crippen molar-refractivity contribution < 1.29 is 19.1 Å². The molecule has 0 radical (unpaired) electrons. The molecule has 0 aromatic carbocycles. The Kier molecular flexibility index (Phi) is 6.65. The van der Waals surface area contributed by atoms with E-state index in [-0.39, 0.29) is 48.2 Å². The van der Waals surface area contributed by atoms with E-state index in [0.717, 1.165) is 49.1 Å². The van der Waals surface area contributed by atoms with Gasteiger partial charge in [-0.15, -0.1) is 22.7 Å². The van der Waals surface area contributed by atoms with Gasteiger partial charge in [-0.05, 0) is 79.5 Å². The molecule has 2 bridgehead atoms. The number of Topliss-reactive ketones (excluding diaryl/α,β-unsaturated/α-hetero) is 1. The Morgan fingerprint density at radius 1 is 1.06 bits per heavy atom. The van der Waals surface area contributed by atoms with Crippen molar-refractivity contribution in [2.75, 3.05) is 6.61 Å². The topological polar surface area (TPSA) is 76.0 Å². The molecule has 4 aliphatic rings. The predicted octanol–water partition coefficient (Wildman–Crippen LogP) is 5.87. The SMILES string of the molecule is O=C(OCC(=O)N1N=C2/C(=C/c3cccs3)CCCC2C1c1cccs1)C1CC2CCCC(C1)C2=O. The van der Waals surface area contributed by atoms with Crippen molar-refractivity contribution in [1.82, 2.24) is 5.01 Å². The molecule has 2 aromatic rings. The van der Waals surface area contributed by atoms with Crippen LogP contribution in [0.25, 0.3) is 6.08 Å². The summed E-state index contributed by atoms with van der Waals surface area (Å²) in [6.07, 6.45) is 9.11. The lowest BCUT2D eigenvalue weighted by Crippen LogP contribution is -2.40. The minimum Gasteiger partial charge on any atom is -0.455 e. The van der Waals surface area contributed by atoms with Crippen LogP contribution in [0.4, 0.5) is 0 Å². The van der Waals surface area contributed by atoms with Crippen molar-refractivity contribution in [1.29, 1.82) is 0 Å². The monoisotopic (exact) mass is 522 g/mol. The normalized spacial score (nSPS) is 30.7. The Balaban J connectivity index is 1.19. The molecule has 6 rings (SSSR count). The number of hydrazone groups is 1. The first-order chi connectivity index (χ1) is 17.6. The van der Waals surface area contributed by atoms with Crippen molar-refractivity contribution >= 4 is 52.1 Å². The van der Waals surface area contributed by atoms with Gasteiger partial charge in [0.1, 0.15) is 5.78 Å². The number of ether oxygens (including phenoxy) is 1. The van der Waals surface area contributed by atoms with E-state index < -0.39 is 0 Å². The number of hydrogen-bond donors (Lipinski definition) is 0. The number of esters is 1. The van der Waals surface area contributed by atoms with Gasteiger partial charge in [0.15, 0.2) is 6.61 Å². The number of allylic oxidation sites excluding steroid dienone is 1. The van der Waals surface area contributed by atoms with Gasteiger partial charge in [0.2, 0.25) is 0 Å². The first-order valence-corrected chi connectivity index (χ1v) is 14.7. The lowest BCUT2D eigenvalue weighted by molar-refractivity contribution is -0.159. The highest BCUT2D eigenvalue weighted by molar-refractivity contribution is 7.11. The Morgan fingerprint density at radius 2 is 1.83 bits per heavy atom. The van der Waals surface area contributed by atoms with Crippen LogP contribution in [-0.2, 0) is 19.1 Å². The number of rotatable bonds is 5. The lowest BCUT2D eigenvalue weighted by atomic mass is 9.67. The summed E-state index contributed by atoms with van der Waals surface area (Å²) in [6, 6.07) is 8.05. The summed E-state index contributed by atoms with van der Waals surface area (Å²) in [6.45, 7) is -0.312. The Labute approximate surface area is 219 Å². The fourth-order valence-corrected chi connectivity index (χ4v) is 8.04. The molecule has 3 heterocycles. The zero-order valence-corrected chi connectivity index (χ0v) is 21.8. The molecule has 188 valence electrons. The maximum absolute atomic E-state index is 13.4. The predicted molar refractivity (Wildman–Crippen MR) is 140 cm³/mol. The lowest BCUT2D eigenvalue weighted by Gasteiger charge is -2.36. The van der Waals surface area contributed by atoms with Gasteiger partial charge in [-0.2, -0.15) is 5.10 Å². The number of carbonyl (C=O) groups is 3. The van der Waals surface area contributed by atoms with Crippen LogP contribution in [0.5, 0.6) is 0 Å². The van der Waals surface area contributed by atoms with Crippen LogP contribution >= 0.6 is 22.7 Å². The van der Waals surface area contributed by atoms with E-state index in [1.165, 1.54) is 10.5 Å². The molecular formula is C28H30N2O4S2. The maximum atomic E-state index is 13.4. The molecule has 8 heteroatoms. The summed E-state index contributed by atoms with van der Waals surface area (Å²) in [4.78, 5) is 41.0. The van der Waals surface area contributed by atoms with E-state index in [9.17, 15) is 14.4 Å². The first kappa shape index (κ1) is 23.8. The third-order valence-corrected chi connectivity index (χ3v) is 9.93. The van der Waals surface area contributed by atoms with Crippen molar-refractivity contribution in [2.24, 2.45) is 28.8 Å². The average molecular weight is 523 g/mol. The summed E-state index contributed by atoms with van der Waals surface area (Å²) in [7, 11) is 0. The highest BCUT2D eigenvalue weighted by Gasteiger charge is 2.45. The zero-order chi connectivity index (χ0) is 24.6. The molecule has 0 spiro atoms. The summed E-state index contributed by atoms with van der Waals surface area (Å²) >= 11 is 3.33. The van der Waals surface area contributed by atoms with Crippen LogP contribution in [0.3, 0.4) is 0 Å². The first-order valence-electron chi connectivity index (χ1n) is 13.0. The molecule has 3 fully saturated rings. The number of nitrogens with zero attached hydrogens (tertiary/aromatic N) is 2. The molecule has 4 unspecified atom stereocenters.